The van der Waals surface area contributed by atoms with Gasteiger partial charge < -0.3 is 4.90 Å². The maximum atomic E-state index is 13.1. The van der Waals surface area contributed by atoms with E-state index in [2.05, 4.69) is 59.4 Å². The first kappa shape index (κ1) is 21.8. The minimum atomic E-state index is -0.143. The van der Waals surface area contributed by atoms with Gasteiger partial charge in [0.1, 0.15) is 0 Å². The highest BCUT2D eigenvalue weighted by Crippen LogP contribution is 2.48. The lowest BCUT2D eigenvalue weighted by Crippen LogP contribution is -2.22. The van der Waals surface area contributed by atoms with Crippen LogP contribution in [0.5, 0.6) is 0 Å². The molecule has 4 nitrogen and oxygen atoms in total. The third-order valence-electron chi connectivity index (χ3n) is 5.81. The summed E-state index contributed by atoms with van der Waals surface area (Å²) in [5.41, 5.74) is 5.43. The minimum Gasteiger partial charge on any atom is -0.340 e. The second-order valence-corrected chi connectivity index (χ2v) is 9.66. The number of hydrazone groups is 1. The first-order valence-corrected chi connectivity index (χ1v) is 12.3. The standard InChI is InChI=1S/C27H24ClN3OS/c1-3-4-14-30-23-10-5-6-11-25(23)33-26-16-19(12-13-24(26)30)15-22-18(2)29-31(27(22)32)21-9-7-8-20(28)17-21/h5-13,15-17H,3-4,14H2,1-2H3. The average Bonchev–Trinajstić information content (AvgIpc) is 3.10. The molecule has 5 rings (SSSR count). The number of unbranched alkanes of at least 4 members (excludes halogenated alkanes) is 1. The maximum absolute atomic E-state index is 13.1. The van der Waals surface area contributed by atoms with E-state index >= 15 is 0 Å². The Kier molecular flexibility index (Phi) is 6.00. The third kappa shape index (κ3) is 4.19. The zero-order valence-corrected chi connectivity index (χ0v) is 20.2. The number of carbonyl (C=O) groups is 1. The summed E-state index contributed by atoms with van der Waals surface area (Å²) in [6, 6.07) is 22.2. The van der Waals surface area contributed by atoms with E-state index in [1.165, 1.54) is 26.2 Å². The van der Waals surface area contributed by atoms with Crippen LogP contribution in [0.25, 0.3) is 6.08 Å². The van der Waals surface area contributed by atoms with Gasteiger partial charge in [-0.15, -0.1) is 0 Å². The van der Waals surface area contributed by atoms with Crippen LogP contribution in [0.1, 0.15) is 32.3 Å². The molecule has 0 bridgehead atoms. The van der Waals surface area contributed by atoms with Crippen molar-refractivity contribution in [2.75, 3.05) is 16.5 Å². The summed E-state index contributed by atoms with van der Waals surface area (Å²) in [6.45, 7) is 5.07. The average molecular weight is 474 g/mol. The molecule has 0 atom stereocenters. The monoisotopic (exact) mass is 473 g/mol. The molecule has 0 spiro atoms. The van der Waals surface area contributed by atoms with E-state index in [4.69, 9.17) is 11.6 Å². The molecule has 166 valence electrons. The van der Waals surface area contributed by atoms with Crippen LogP contribution in [-0.2, 0) is 4.79 Å². The highest BCUT2D eigenvalue weighted by molar-refractivity contribution is 7.99. The zero-order chi connectivity index (χ0) is 22.9. The van der Waals surface area contributed by atoms with Crippen molar-refractivity contribution in [3.63, 3.8) is 0 Å². The summed E-state index contributed by atoms with van der Waals surface area (Å²) >= 11 is 7.89. The van der Waals surface area contributed by atoms with Crippen LogP contribution < -0.4 is 9.91 Å². The van der Waals surface area contributed by atoms with Crippen LogP contribution in [-0.4, -0.2) is 18.2 Å². The van der Waals surface area contributed by atoms with E-state index in [0.717, 1.165) is 24.9 Å². The van der Waals surface area contributed by atoms with Gasteiger partial charge in [0.15, 0.2) is 0 Å². The molecule has 0 radical (unpaired) electrons. The highest BCUT2D eigenvalue weighted by atomic mass is 35.5. The second-order valence-electron chi connectivity index (χ2n) is 8.14. The Hall–Kier alpha value is -3.02. The lowest BCUT2D eigenvalue weighted by molar-refractivity contribution is -0.114. The van der Waals surface area contributed by atoms with Crippen molar-refractivity contribution in [1.29, 1.82) is 0 Å². The number of rotatable bonds is 5. The van der Waals surface area contributed by atoms with Gasteiger partial charge in [-0.1, -0.05) is 61.0 Å². The molecule has 0 saturated carbocycles. The lowest BCUT2D eigenvalue weighted by Gasteiger charge is -2.33. The Morgan fingerprint density at radius 1 is 1.00 bits per heavy atom. The Morgan fingerprint density at radius 3 is 2.64 bits per heavy atom. The Labute approximate surface area is 203 Å². The second kappa shape index (κ2) is 9.08. The summed E-state index contributed by atoms with van der Waals surface area (Å²) in [6.07, 6.45) is 4.21. The number of amides is 1. The summed E-state index contributed by atoms with van der Waals surface area (Å²) in [4.78, 5) is 18.0. The van der Waals surface area contributed by atoms with Gasteiger partial charge in [0.2, 0.25) is 0 Å². The number of hydrogen-bond donors (Lipinski definition) is 0. The fourth-order valence-corrected chi connectivity index (χ4v) is 5.46. The molecule has 0 aromatic heterocycles. The Bertz CT molecular complexity index is 1300. The van der Waals surface area contributed by atoms with Crippen molar-refractivity contribution in [3.05, 3.63) is 82.9 Å². The maximum Gasteiger partial charge on any atom is 0.280 e. The molecule has 6 heteroatoms. The molecule has 0 unspecified atom stereocenters. The van der Waals surface area contributed by atoms with Gasteiger partial charge in [0, 0.05) is 21.4 Å². The summed E-state index contributed by atoms with van der Waals surface area (Å²) in [5.74, 6) is -0.143. The molecule has 0 saturated heterocycles. The first-order chi connectivity index (χ1) is 16.0. The molecule has 2 aliphatic rings. The van der Waals surface area contributed by atoms with Crippen molar-refractivity contribution in [3.8, 4) is 0 Å². The van der Waals surface area contributed by atoms with Gasteiger partial charge in [0.25, 0.3) is 5.91 Å². The van der Waals surface area contributed by atoms with E-state index in [9.17, 15) is 4.79 Å². The van der Waals surface area contributed by atoms with Crippen LogP contribution >= 0.6 is 23.4 Å². The van der Waals surface area contributed by atoms with Crippen molar-refractivity contribution >= 4 is 58.1 Å². The number of carbonyl (C=O) groups excluding carboxylic acids is 1. The van der Waals surface area contributed by atoms with Gasteiger partial charge in [-0.2, -0.15) is 10.1 Å². The van der Waals surface area contributed by atoms with Crippen molar-refractivity contribution in [2.45, 2.75) is 36.5 Å². The van der Waals surface area contributed by atoms with Crippen LogP contribution in [0, 0.1) is 0 Å². The molecule has 0 N–H and O–H groups in total. The molecule has 0 fully saturated rings. The molecule has 3 aromatic rings. The number of nitrogens with zero attached hydrogens (tertiary/aromatic N) is 3. The number of hydrogen-bond acceptors (Lipinski definition) is 4. The van der Waals surface area contributed by atoms with Crippen molar-refractivity contribution < 1.29 is 4.79 Å². The Balaban J connectivity index is 1.47. The van der Waals surface area contributed by atoms with Gasteiger partial charge >= 0.3 is 0 Å². The molecule has 2 aliphatic heterocycles. The van der Waals surface area contributed by atoms with E-state index in [-0.39, 0.29) is 5.91 Å². The van der Waals surface area contributed by atoms with Crippen LogP contribution in [0.2, 0.25) is 5.02 Å². The Morgan fingerprint density at radius 2 is 1.82 bits per heavy atom. The summed E-state index contributed by atoms with van der Waals surface area (Å²) in [7, 11) is 0. The van der Waals surface area contributed by atoms with Gasteiger partial charge in [-0.05, 0) is 67.4 Å². The largest absolute Gasteiger partial charge is 0.340 e. The SMILES string of the molecule is CCCCN1c2ccccc2Sc2cc(C=C3C(=O)N(c4cccc(Cl)c4)N=C3C)ccc21. The molecule has 2 heterocycles. The topological polar surface area (TPSA) is 35.9 Å². The fraction of sp³-hybridized carbons (Fsp3) is 0.185. The van der Waals surface area contributed by atoms with Crippen LogP contribution in [0.3, 0.4) is 0 Å². The molecule has 3 aromatic carbocycles. The summed E-state index contributed by atoms with van der Waals surface area (Å²) in [5, 5.41) is 6.48. The smallest absolute Gasteiger partial charge is 0.280 e. The van der Waals surface area contributed by atoms with E-state index in [1.807, 2.05) is 25.1 Å². The zero-order valence-electron chi connectivity index (χ0n) is 18.6. The fourth-order valence-electron chi connectivity index (χ4n) is 4.13. The van der Waals surface area contributed by atoms with Crippen LogP contribution in [0.4, 0.5) is 17.1 Å². The quantitative estimate of drug-likeness (QED) is 0.359. The number of para-hydroxylation sites is 1. The van der Waals surface area contributed by atoms with E-state index < -0.39 is 0 Å². The van der Waals surface area contributed by atoms with Crippen LogP contribution in [0.15, 0.2) is 87.2 Å². The molecule has 1 amide bonds. The number of benzene rings is 3. The lowest BCUT2D eigenvalue weighted by atomic mass is 10.1. The molecule has 33 heavy (non-hydrogen) atoms. The third-order valence-corrected chi connectivity index (χ3v) is 7.16. The predicted octanol–water partition coefficient (Wildman–Crippen LogP) is 7.55. The normalized spacial score (nSPS) is 16.2. The summed E-state index contributed by atoms with van der Waals surface area (Å²) < 4.78 is 0. The van der Waals surface area contributed by atoms with Crippen molar-refractivity contribution in [2.24, 2.45) is 5.10 Å². The van der Waals surface area contributed by atoms with E-state index in [0.29, 0.717) is 22.0 Å². The number of anilines is 3. The van der Waals surface area contributed by atoms with Gasteiger partial charge in [-0.3, -0.25) is 4.79 Å². The van der Waals surface area contributed by atoms with E-state index in [1.54, 1.807) is 23.9 Å². The van der Waals surface area contributed by atoms with Crippen molar-refractivity contribution in [1.82, 2.24) is 0 Å². The molecular weight excluding hydrogens is 450 g/mol. The van der Waals surface area contributed by atoms with Gasteiger partial charge in [-0.25, -0.2) is 0 Å². The minimum absolute atomic E-state index is 0.143. The number of halogens is 1. The molecular formula is C27H24ClN3OS. The number of fused-ring (bicyclic) bond motifs is 2. The van der Waals surface area contributed by atoms with Gasteiger partial charge in [0.05, 0.1) is 28.3 Å². The first-order valence-electron chi connectivity index (χ1n) is 11.1. The molecule has 0 aliphatic carbocycles. The highest BCUT2D eigenvalue weighted by Gasteiger charge is 2.29. The predicted molar refractivity (Wildman–Crippen MR) is 139 cm³/mol.